The minimum absolute atomic E-state index is 0. The molecule has 0 bridgehead atoms. The van der Waals surface area contributed by atoms with Crippen molar-refractivity contribution in [2.45, 2.75) is 39.6 Å². The Labute approximate surface area is 220 Å². The Balaban J connectivity index is -0.0000000222. The third-order valence-corrected chi connectivity index (χ3v) is 3.19. The van der Waals surface area contributed by atoms with E-state index < -0.39 is 26.1 Å². The zero-order valence-corrected chi connectivity index (χ0v) is 29.6. The number of nitrogens with two attached hydrogens (primary N) is 1. The van der Waals surface area contributed by atoms with Crippen LogP contribution in [0.25, 0.3) is 0 Å². The van der Waals surface area contributed by atoms with Crippen molar-refractivity contribution < 1.29 is 41.9 Å². The van der Waals surface area contributed by atoms with Gasteiger partial charge in [-0.2, -0.15) is 0 Å². The summed E-state index contributed by atoms with van der Waals surface area (Å²) >= 11 is 1.69. The van der Waals surface area contributed by atoms with Crippen LogP contribution in [0.15, 0.2) is 0 Å². The minimum atomic E-state index is -2.65. The summed E-state index contributed by atoms with van der Waals surface area (Å²) in [4.78, 5) is 8.83. The van der Waals surface area contributed by atoms with Gasteiger partial charge in [-0.25, -0.2) is 0 Å². The van der Waals surface area contributed by atoms with Crippen LogP contribution < -0.4 is 5.73 Å². The molecule has 202 valence electrons. The fraction of sp³-hybridized carbons (Fsp3) is 1.00. The summed E-state index contributed by atoms with van der Waals surface area (Å²) in [6, 6.07) is 0. The molecule has 0 aromatic heterocycles. The predicted molar refractivity (Wildman–Crippen MR) is 159 cm³/mol. The van der Waals surface area contributed by atoms with E-state index in [0.29, 0.717) is 9.52 Å². The molecule has 0 fully saturated rings. The first-order valence-electron chi connectivity index (χ1n) is 8.87. The van der Waals surface area contributed by atoms with Gasteiger partial charge in [-0.1, -0.05) is 34.0 Å². The van der Waals surface area contributed by atoms with Crippen LogP contribution in [0.4, 0.5) is 0 Å². The van der Waals surface area contributed by atoms with E-state index in [1.807, 2.05) is 6.66 Å². The van der Waals surface area contributed by atoms with Crippen molar-refractivity contribution >= 4 is 77.6 Å². The fourth-order valence-corrected chi connectivity index (χ4v) is 0.604. The van der Waals surface area contributed by atoms with Gasteiger partial charge in [0.25, 0.3) is 8.05 Å². The molecule has 4 radical (unpaired) electrons. The van der Waals surface area contributed by atoms with E-state index in [2.05, 4.69) is 76.7 Å². The summed E-state index contributed by atoms with van der Waals surface area (Å²) in [5.41, 5.74) is 6.56. The van der Waals surface area contributed by atoms with Crippen molar-refractivity contribution in [3.63, 3.8) is 0 Å². The molecule has 0 saturated carbocycles. The van der Waals surface area contributed by atoms with Gasteiger partial charge in [0, 0.05) is 58.7 Å². The van der Waals surface area contributed by atoms with Crippen molar-refractivity contribution in [2.24, 2.45) is 5.73 Å². The molecule has 2 atom stereocenters. The summed E-state index contributed by atoms with van der Waals surface area (Å²) in [6.45, 7) is 9.49. The number of hydrogen-bond donors (Lipinski definition) is 4. The third kappa shape index (κ3) is 223. The molecule has 0 amide bonds. The van der Waals surface area contributed by atoms with Crippen molar-refractivity contribution in [3.8, 4) is 0 Å². The topological polar surface area (TPSA) is 142 Å². The molecule has 18 heteroatoms. The van der Waals surface area contributed by atoms with E-state index in [-0.39, 0.29) is 7.43 Å². The predicted octanol–water partition coefficient (Wildman–Crippen LogP) is -1.74. The average molecular weight is 605 g/mol. The summed E-state index contributed by atoms with van der Waals surface area (Å²) in [6.07, 6.45) is 0. The first kappa shape index (κ1) is 64.0. The van der Waals surface area contributed by atoms with E-state index in [4.69, 9.17) is 14.8 Å². The van der Waals surface area contributed by atoms with Crippen molar-refractivity contribution in [1.29, 1.82) is 0 Å². The van der Waals surface area contributed by atoms with Crippen molar-refractivity contribution in [1.82, 2.24) is 0 Å². The van der Waals surface area contributed by atoms with Gasteiger partial charge in [-0.15, -0.1) is 9.24 Å². The van der Waals surface area contributed by atoms with Gasteiger partial charge in [0.05, 0.1) is 7.85 Å². The average Bonchev–Trinajstić information content (AvgIpc) is 2.81. The normalized spacial score (nSPS) is 6.97. The van der Waals surface area contributed by atoms with Gasteiger partial charge in [0.1, 0.15) is 0 Å². The summed E-state index contributed by atoms with van der Waals surface area (Å²) in [7, 11) is 17.1. The van der Waals surface area contributed by atoms with E-state index in [0.717, 1.165) is 0 Å². The van der Waals surface area contributed by atoms with Crippen LogP contribution in [-0.4, -0.2) is 140 Å². The summed E-state index contributed by atoms with van der Waals surface area (Å²) < 4.78 is 25.9. The Morgan fingerprint density at radius 2 is 1.06 bits per heavy atom. The molecule has 0 aliphatic heterocycles. The molecule has 0 aromatic rings. The Morgan fingerprint density at radius 3 is 1.06 bits per heavy atom. The molecule has 2 unspecified atom stereocenters. The van der Waals surface area contributed by atoms with Crippen LogP contribution >= 0.6 is 9.24 Å². The van der Waals surface area contributed by atoms with Crippen LogP contribution in [0.1, 0.15) is 7.43 Å². The molecule has 0 aromatic carbocycles. The molecule has 0 rings (SSSR count). The summed E-state index contributed by atoms with van der Waals surface area (Å²) in [5.74, 6) is 0. The second-order valence-electron chi connectivity index (χ2n) is 3.51. The van der Waals surface area contributed by atoms with Crippen molar-refractivity contribution in [2.75, 3.05) is 56.4 Å². The second-order valence-corrected chi connectivity index (χ2v) is 8.92. The molecule has 0 saturated heterocycles. The van der Waals surface area contributed by atoms with Gasteiger partial charge in [0.2, 0.25) is 0 Å². The van der Waals surface area contributed by atoms with Crippen molar-refractivity contribution in [3.05, 3.63) is 0 Å². The van der Waals surface area contributed by atoms with Crippen LogP contribution in [0.5, 0.6) is 0 Å². The van der Waals surface area contributed by atoms with Gasteiger partial charge in [0.15, 0.2) is 0 Å². The molecule has 5 N–H and O–H groups in total. The van der Waals surface area contributed by atoms with E-state index in [1.54, 1.807) is 37.6 Å². The molecular formula is C14H56AsB3NO9PSi3. The fourth-order valence-electron chi connectivity index (χ4n) is 0.201. The van der Waals surface area contributed by atoms with Gasteiger partial charge < -0.3 is 47.6 Å². The molecule has 0 aliphatic carbocycles. The monoisotopic (exact) mass is 605 g/mol. The quantitative estimate of drug-likeness (QED) is 0.211. The maximum absolute atomic E-state index is 8.83. The van der Waals surface area contributed by atoms with Crippen LogP contribution in [0, 0.1) is 0 Å². The van der Waals surface area contributed by atoms with Gasteiger partial charge in [-0.3, -0.25) is 0 Å². The second kappa shape index (κ2) is 94.3. The van der Waals surface area contributed by atoms with Crippen LogP contribution in [0.3, 0.4) is 0 Å². The smallest absolute Gasteiger partial charge is 0.282 e. The van der Waals surface area contributed by atoms with E-state index in [1.165, 1.54) is 42.3 Å². The summed E-state index contributed by atoms with van der Waals surface area (Å²) in [5, 5.41) is 15.4. The first-order valence-corrected chi connectivity index (χ1v) is 18.7. The molecule has 0 heterocycles. The molecule has 0 aliphatic rings. The zero-order valence-electron chi connectivity index (χ0n) is 22.2. The molecule has 10 nitrogen and oxygen atoms in total. The SMILES string of the molecule is C.CN.COB(O)O.CO[SiH2]OC.CO[Si](C)(O)OC.CP.C[AsH2].C[SiH2]C.[B]C.[B]OC. The molecular weight excluding hydrogens is 549 g/mol. The molecule has 0 spiro atoms. The van der Waals surface area contributed by atoms with E-state index in [9.17, 15) is 0 Å². The Kier molecular flexibility index (Phi) is 189. The Bertz CT molecular complexity index is 192. The molecule has 32 heavy (non-hydrogen) atoms. The van der Waals surface area contributed by atoms with E-state index >= 15 is 0 Å². The minimum Gasteiger partial charge on any atom is -0.450 e. The maximum Gasteiger partial charge on any atom is 0.282 e. The Hall–Kier alpha value is 1.43. The first-order chi connectivity index (χ1) is 14.6. The van der Waals surface area contributed by atoms with Crippen LogP contribution in [0.2, 0.25) is 32.2 Å². The largest absolute Gasteiger partial charge is 0.450 e. The zero-order chi connectivity index (χ0) is 27.7. The maximum atomic E-state index is 8.83. The standard InChI is InChI=1S/C3H10O3Si.C2H8O2Si.C2H8Si.CH5As.CH5BO3.CH3BO.CH3B.CH5N.CH5P.CH4/c1-5-7(3,4)6-2;1-3-5-4-2;1-3-2;1-2;1-5-2(3)4;1-3-2;3*1-2;/h4H,1-3H3;5H2,1-2H3;3H2,1-2H3;2H2,1H3;3-4H,1H3;1H3;1H3;2*2H2,1H3;1H4. The third-order valence-electron chi connectivity index (χ3n) is 1.20. The van der Waals surface area contributed by atoms with Gasteiger partial charge in [-0.05, 0) is 7.05 Å². The number of rotatable bonds is 5. The Morgan fingerprint density at radius 1 is 0.906 bits per heavy atom. The number of hydrogen-bond acceptors (Lipinski definition) is 10. The van der Waals surface area contributed by atoms with Gasteiger partial charge >= 0.3 is 48.7 Å². The van der Waals surface area contributed by atoms with Crippen LogP contribution in [-0.2, 0) is 27.0 Å².